The highest BCUT2D eigenvalue weighted by Crippen LogP contribution is 2.45. The topological polar surface area (TPSA) is 57.6 Å². The van der Waals surface area contributed by atoms with Gasteiger partial charge in [-0.2, -0.15) is 0 Å². The average molecular weight is 225 g/mol. The second-order valence-electron chi connectivity index (χ2n) is 5.24. The van der Waals surface area contributed by atoms with Crippen molar-refractivity contribution in [3.05, 3.63) is 0 Å². The normalized spacial score (nSPS) is 25.6. The molecule has 0 unspecified atom stereocenters. The van der Waals surface area contributed by atoms with Crippen LogP contribution < -0.4 is 0 Å². The van der Waals surface area contributed by atoms with Crippen LogP contribution in [0.2, 0.25) is 0 Å². The van der Waals surface area contributed by atoms with Gasteiger partial charge in [0.1, 0.15) is 6.29 Å². The summed E-state index contributed by atoms with van der Waals surface area (Å²) in [6.45, 7) is 1.34. The van der Waals surface area contributed by atoms with Crippen molar-refractivity contribution in [3.8, 4) is 0 Å². The fourth-order valence-electron chi connectivity index (χ4n) is 3.06. The smallest absolute Gasteiger partial charge is 0.407 e. The molecule has 2 rings (SSSR count). The van der Waals surface area contributed by atoms with Crippen molar-refractivity contribution in [2.75, 3.05) is 13.1 Å². The third-order valence-corrected chi connectivity index (χ3v) is 4.38. The lowest BCUT2D eigenvalue weighted by molar-refractivity contribution is -0.112. The number of piperidine rings is 1. The minimum Gasteiger partial charge on any atom is -0.465 e. The maximum absolute atomic E-state index is 10.8. The molecule has 0 bridgehead atoms. The molecular weight excluding hydrogens is 206 g/mol. The maximum Gasteiger partial charge on any atom is 0.407 e. The zero-order valence-electron chi connectivity index (χ0n) is 9.52. The van der Waals surface area contributed by atoms with Crippen molar-refractivity contribution < 1.29 is 14.7 Å². The number of nitrogens with zero attached hydrogens (tertiary/aromatic N) is 1. The summed E-state index contributed by atoms with van der Waals surface area (Å²) in [6, 6.07) is 0. The molecule has 0 aromatic carbocycles. The average Bonchev–Trinajstić information content (AvgIpc) is 2.31. The van der Waals surface area contributed by atoms with Gasteiger partial charge in [0.05, 0.1) is 0 Å². The molecule has 1 aliphatic heterocycles. The van der Waals surface area contributed by atoms with Gasteiger partial charge >= 0.3 is 6.09 Å². The third kappa shape index (κ3) is 2.20. The summed E-state index contributed by atoms with van der Waals surface area (Å²) in [4.78, 5) is 23.0. The minimum absolute atomic E-state index is 0.253. The van der Waals surface area contributed by atoms with Crippen LogP contribution in [-0.4, -0.2) is 35.5 Å². The molecule has 1 N–H and O–H groups in total. The molecule has 16 heavy (non-hydrogen) atoms. The van der Waals surface area contributed by atoms with Gasteiger partial charge < -0.3 is 14.8 Å². The molecule has 2 fully saturated rings. The van der Waals surface area contributed by atoms with Gasteiger partial charge in [0.2, 0.25) is 0 Å². The van der Waals surface area contributed by atoms with Gasteiger partial charge in [-0.1, -0.05) is 0 Å². The summed E-state index contributed by atoms with van der Waals surface area (Å²) in [5, 5.41) is 8.88. The molecular formula is C12H19NO3. The highest BCUT2D eigenvalue weighted by Gasteiger charge is 2.38. The number of amides is 1. The maximum atomic E-state index is 10.8. The van der Waals surface area contributed by atoms with Gasteiger partial charge in [-0.3, -0.25) is 0 Å². The number of aldehydes is 1. The molecule has 0 radical (unpaired) electrons. The first kappa shape index (κ1) is 11.4. The van der Waals surface area contributed by atoms with E-state index in [0.717, 1.165) is 44.8 Å². The highest BCUT2D eigenvalue weighted by molar-refractivity contribution is 5.65. The zero-order valence-corrected chi connectivity index (χ0v) is 9.52. The van der Waals surface area contributed by atoms with Gasteiger partial charge in [-0.15, -0.1) is 0 Å². The van der Waals surface area contributed by atoms with Gasteiger partial charge in [0.25, 0.3) is 0 Å². The van der Waals surface area contributed by atoms with Crippen LogP contribution in [0.5, 0.6) is 0 Å². The standard InChI is InChI=1S/C12H19NO3/c14-9-10-1-3-12(4-2-10)5-7-13(8-6-12)11(15)16/h9-10H,1-8H2,(H,15,16). The van der Waals surface area contributed by atoms with E-state index in [9.17, 15) is 9.59 Å². The molecule has 1 spiro atoms. The zero-order chi connectivity index (χ0) is 11.6. The van der Waals surface area contributed by atoms with Crippen molar-refractivity contribution in [3.63, 3.8) is 0 Å². The molecule has 0 aromatic rings. The molecule has 2 aliphatic rings. The molecule has 0 atom stereocenters. The Morgan fingerprint density at radius 2 is 1.75 bits per heavy atom. The van der Waals surface area contributed by atoms with Crippen LogP contribution in [0.25, 0.3) is 0 Å². The number of hydrogen-bond acceptors (Lipinski definition) is 2. The molecule has 4 heteroatoms. The minimum atomic E-state index is -0.795. The quantitative estimate of drug-likeness (QED) is 0.695. The van der Waals surface area contributed by atoms with Crippen molar-refractivity contribution in [1.29, 1.82) is 0 Å². The fraction of sp³-hybridized carbons (Fsp3) is 0.833. The van der Waals surface area contributed by atoms with Crippen molar-refractivity contribution in [2.24, 2.45) is 11.3 Å². The van der Waals surface area contributed by atoms with Crippen LogP contribution in [0.15, 0.2) is 0 Å². The van der Waals surface area contributed by atoms with Crippen LogP contribution in [0.1, 0.15) is 38.5 Å². The van der Waals surface area contributed by atoms with E-state index in [1.165, 1.54) is 4.90 Å². The second kappa shape index (κ2) is 4.44. The van der Waals surface area contributed by atoms with Crippen LogP contribution in [0, 0.1) is 11.3 Å². The van der Waals surface area contributed by atoms with E-state index in [2.05, 4.69) is 0 Å². The Hall–Kier alpha value is -1.06. The molecule has 1 saturated carbocycles. The van der Waals surface area contributed by atoms with Crippen LogP contribution in [-0.2, 0) is 4.79 Å². The van der Waals surface area contributed by atoms with E-state index in [1.54, 1.807) is 0 Å². The van der Waals surface area contributed by atoms with E-state index < -0.39 is 6.09 Å². The lowest BCUT2D eigenvalue weighted by atomic mass is 9.66. The Labute approximate surface area is 95.6 Å². The molecule has 1 amide bonds. The molecule has 0 aromatic heterocycles. The molecule has 1 aliphatic carbocycles. The number of carbonyl (C=O) groups is 2. The first-order valence-corrected chi connectivity index (χ1v) is 6.08. The summed E-state index contributed by atoms with van der Waals surface area (Å²) in [6.07, 6.45) is 6.44. The number of carbonyl (C=O) groups excluding carboxylic acids is 1. The van der Waals surface area contributed by atoms with Crippen molar-refractivity contribution in [1.82, 2.24) is 4.90 Å². The van der Waals surface area contributed by atoms with E-state index in [4.69, 9.17) is 5.11 Å². The first-order chi connectivity index (χ1) is 7.65. The number of hydrogen-bond donors (Lipinski definition) is 1. The summed E-state index contributed by atoms with van der Waals surface area (Å²) >= 11 is 0. The lowest BCUT2D eigenvalue weighted by Gasteiger charge is -2.44. The molecule has 4 nitrogen and oxygen atoms in total. The highest BCUT2D eigenvalue weighted by atomic mass is 16.4. The predicted octanol–water partition coefficient (Wildman–Crippen LogP) is 2.14. The Morgan fingerprint density at radius 1 is 1.19 bits per heavy atom. The van der Waals surface area contributed by atoms with Crippen LogP contribution >= 0.6 is 0 Å². The SMILES string of the molecule is O=CC1CCC2(CC1)CCN(C(=O)O)CC2. The van der Waals surface area contributed by atoms with E-state index in [-0.39, 0.29) is 5.92 Å². The summed E-state index contributed by atoms with van der Waals surface area (Å²) < 4.78 is 0. The van der Waals surface area contributed by atoms with Crippen molar-refractivity contribution in [2.45, 2.75) is 38.5 Å². The van der Waals surface area contributed by atoms with Gasteiger partial charge in [0, 0.05) is 19.0 Å². The monoisotopic (exact) mass is 225 g/mol. The molecule has 1 heterocycles. The van der Waals surface area contributed by atoms with E-state index in [0.29, 0.717) is 18.5 Å². The molecule has 90 valence electrons. The Morgan fingerprint density at radius 3 is 2.19 bits per heavy atom. The predicted molar refractivity (Wildman–Crippen MR) is 59.3 cm³/mol. The van der Waals surface area contributed by atoms with E-state index in [1.807, 2.05) is 0 Å². The number of carboxylic acid groups (broad SMARTS) is 1. The third-order valence-electron chi connectivity index (χ3n) is 4.38. The molecule has 1 saturated heterocycles. The second-order valence-corrected chi connectivity index (χ2v) is 5.24. The number of rotatable bonds is 1. The Balaban J connectivity index is 1.88. The van der Waals surface area contributed by atoms with Gasteiger partial charge in [0.15, 0.2) is 0 Å². The Bertz CT molecular complexity index is 272. The number of likely N-dealkylation sites (tertiary alicyclic amines) is 1. The lowest BCUT2D eigenvalue weighted by Crippen LogP contribution is -2.44. The largest absolute Gasteiger partial charge is 0.465 e. The summed E-state index contributed by atoms with van der Waals surface area (Å²) in [5.74, 6) is 0.253. The summed E-state index contributed by atoms with van der Waals surface area (Å²) in [7, 11) is 0. The van der Waals surface area contributed by atoms with Gasteiger partial charge in [-0.05, 0) is 43.9 Å². The van der Waals surface area contributed by atoms with Crippen LogP contribution in [0.3, 0.4) is 0 Å². The first-order valence-electron chi connectivity index (χ1n) is 6.08. The fourth-order valence-corrected chi connectivity index (χ4v) is 3.06. The van der Waals surface area contributed by atoms with Gasteiger partial charge in [-0.25, -0.2) is 4.79 Å². The Kier molecular flexibility index (Phi) is 3.17. The van der Waals surface area contributed by atoms with Crippen molar-refractivity contribution >= 4 is 12.4 Å². The van der Waals surface area contributed by atoms with Crippen LogP contribution in [0.4, 0.5) is 4.79 Å². The van der Waals surface area contributed by atoms with E-state index >= 15 is 0 Å². The summed E-state index contributed by atoms with van der Waals surface area (Å²) in [5.41, 5.74) is 0.339.